The summed E-state index contributed by atoms with van der Waals surface area (Å²) in [6.45, 7) is 5.71. The van der Waals surface area contributed by atoms with Gasteiger partial charge in [0.2, 0.25) is 0 Å². The Kier molecular flexibility index (Phi) is 49.9. The van der Waals surface area contributed by atoms with Crippen LogP contribution in [0.1, 0.15) is 252 Å². The molecule has 0 bridgehead atoms. The summed E-state index contributed by atoms with van der Waals surface area (Å²) >= 11 is 0. The Morgan fingerprint density at radius 2 is 0.810 bits per heavy atom. The first-order valence-corrected chi connectivity index (χ1v) is 31.2. The van der Waals surface area contributed by atoms with Gasteiger partial charge in [-0.15, -0.1) is 0 Å². The van der Waals surface area contributed by atoms with Crippen molar-refractivity contribution in [3.05, 3.63) is 97.2 Å². The number of aliphatic hydroxyl groups excluding tert-OH is 2. The molecule has 79 heavy (non-hydrogen) atoms. The highest BCUT2D eigenvalue weighted by molar-refractivity contribution is 5.74. The SMILES string of the molecule is CC/C=C\C/C=C\C/C=C\C/C=C\C/C=C\CCCC(=O)OCC(COC1OC(C(=O)O)C(O)C(O)C1OC(=O)CCCCCCCCCCCCCCCCCCCCC)OC(=O)CCCCC/C=C\C/C=C\C/C=C\CC. The van der Waals surface area contributed by atoms with Gasteiger partial charge in [0.15, 0.2) is 24.6 Å². The molecule has 0 spiro atoms. The molecule has 12 heteroatoms. The molecule has 450 valence electrons. The number of aliphatic carboxylic acids is 1. The number of ether oxygens (including phenoxy) is 5. The maximum Gasteiger partial charge on any atom is 0.335 e. The molecule has 1 heterocycles. The second-order valence-electron chi connectivity index (χ2n) is 20.9. The minimum absolute atomic E-state index is 0.0509. The fraction of sp³-hybridized carbons (Fsp3) is 0.701. The van der Waals surface area contributed by atoms with Crippen LogP contribution in [0.4, 0.5) is 0 Å². The molecule has 0 aromatic heterocycles. The number of hydrogen-bond donors (Lipinski definition) is 3. The number of unbranched alkanes of at least 4 members (excludes halogenated alkanes) is 22. The molecule has 0 aliphatic carbocycles. The van der Waals surface area contributed by atoms with Crippen LogP contribution in [0.5, 0.6) is 0 Å². The maximum atomic E-state index is 13.1. The zero-order valence-corrected chi connectivity index (χ0v) is 49.6. The van der Waals surface area contributed by atoms with Crippen LogP contribution >= 0.6 is 0 Å². The van der Waals surface area contributed by atoms with Crippen LogP contribution in [0.15, 0.2) is 97.2 Å². The van der Waals surface area contributed by atoms with Gasteiger partial charge in [-0.2, -0.15) is 0 Å². The van der Waals surface area contributed by atoms with E-state index in [0.29, 0.717) is 25.7 Å². The predicted molar refractivity (Wildman–Crippen MR) is 321 cm³/mol. The molecule has 0 saturated carbocycles. The molecule has 1 rings (SSSR count). The van der Waals surface area contributed by atoms with Crippen LogP contribution in [0.3, 0.4) is 0 Å². The number of carboxylic acids is 1. The average Bonchev–Trinajstić information content (AvgIpc) is 3.47. The van der Waals surface area contributed by atoms with E-state index in [-0.39, 0.29) is 25.9 Å². The largest absolute Gasteiger partial charge is 0.479 e. The molecule has 1 aliphatic rings. The van der Waals surface area contributed by atoms with Crippen molar-refractivity contribution in [1.82, 2.24) is 0 Å². The summed E-state index contributed by atoms with van der Waals surface area (Å²) in [7, 11) is 0. The maximum absolute atomic E-state index is 13.1. The van der Waals surface area contributed by atoms with Gasteiger partial charge in [-0.25, -0.2) is 4.79 Å². The van der Waals surface area contributed by atoms with Crippen LogP contribution in [0.25, 0.3) is 0 Å². The van der Waals surface area contributed by atoms with Crippen molar-refractivity contribution in [3.8, 4) is 0 Å². The molecule has 0 radical (unpaired) electrons. The standard InChI is InChI=1S/C67H110O12/c1-4-7-10-13-16-19-22-25-27-29-30-32-34-37-40-43-46-49-52-55-61(70)78-65-63(72)62(71)64(66(73)74)79-67(65)76-57-58(77-60(69)54-51-48-45-42-39-35-24-21-18-15-12-9-6-3)56-75-59(68)53-50-47-44-41-38-36-33-31-28-26-23-20-17-14-11-8-5-2/h8-9,11-12,17-18,20-21,26,28,33,35-36,39,41,44,58,62-65,67,71-72H,4-7,10,13-16,19,22-25,27,29-32,34,37-38,40,42-43,45-57H2,1-3H3,(H,73,74)/b11-8-,12-9-,20-17-,21-18-,28-26-,36-33-,39-35-,44-41-. The van der Waals surface area contributed by atoms with Crippen molar-refractivity contribution in [2.24, 2.45) is 0 Å². The minimum atomic E-state index is -1.92. The fourth-order valence-electron chi connectivity index (χ4n) is 8.95. The third-order valence-electron chi connectivity index (χ3n) is 13.7. The van der Waals surface area contributed by atoms with E-state index in [1.165, 1.54) is 89.9 Å². The van der Waals surface area contributed by atoms with Crippen LogP contribution < -0.4 is 0 Å². The molecular weight excluding hydrogens is 997 g/mol. The minimum Gasteiger partial charge on any atom is -0.479 e. The summed E-state index contributed by atoms with van der Waals surface area (Å²) in [5.74, 6) is -3.24. The Morgan fingerprint density at radius 1 is 0.430 bits per heavy atom. The normalized spacial score (nSPS) is 18.5. The molecule has 3 N–H and O–H groups in total. The highest BCUT2D eigenvalue weighted by atomic mass is 16.7. The molecule has 0 amide bonds. The van der Waals surface area contributed by atoms with Crippen LogP contribution in [-0.4, -0.2) is 89.2 Å². The molecule has 1 aliphatic heterocycles. The van der Waals surface area contributed by atoms with Gasteiger partial charge in [0.1, 0.15) is 18.8 Å². The lowest BCUT2D eigenvalue weighted by molar-refractivity contribution is -0.301. The molecule has 12 nitrogen and oxygen atoms in total. The van der Waals surface area contributed by atoms with E-state index in [4.69, 9.17) is 23.7 Å². The number of carbonyl (C=O) groups is 4. The van der Waals surface area contributed by atoms with Gasteiger partial charge in [0, 0.05) is 19.3 Å². The molecule has 1 fully saturated rings. The van der Waals surface area contributed by atoms with Crippen LogP contribution in [-0.2, 0) is 42.9 Å². The first-order chi connectivity index (χ1) is 38.6. The average molecular weight is 1110 g/mol. The predicted octanol–water partition coefficient (Wildman–Crippen LogP) is 16.5. The number of allylic oxidation sites excluding steroid dienone is 16. The summed E-state index contributed by atoms with van der Waals surface area (Å²) in [6, 6.07) is 0. The lowest BCUT2D eigenvalue weighted by Gasteiger charge is -2.40. The molecule has 6 atom stereocenters. The lowest BCUT2D eigenvalue weighted by atomic mass is 9.98. The van der Waals surface area contributed by atoms with Crippen LogP contribution in [0, 0.1) is 0 Å². The number of rotatable bonds is 52. The zero-order chi connectivity index (χ0) is 57.5. The number of esters is 3. The summed E-state index contributed by atoms with van der Waals surface area (Å²) in [5.41, 5.74) is 0. The van der Waals surface area contributed by atoms with E-state index in [1.807, 2.05) is 6.08 Å². The van der Waals surface area contributed by atoms with Gasteiger partial charge in [0.25, 0.3) is 0 Å². The van der Waals surface area contributed by atoms with E-state index in [1.54, 1.807) is 0 Å². The van der Waals surface area contributed by atoms with Crippen molar-refractivity contribution in [2.75, 3.05) is 13.2 Å². The Morgan fingerprint density at radius 3 is 1.25 bits per heavy atom. The zero-order valence-electron chi connectivity index (χ0n) is 49.6. The molecule has 6 unspecified atom stereocenters. The van der Waals surface area contributed by atoms with Crippen molar-refractivity contribution >= 4 is 23.9 Å². The van der Waals surface area contributed by atoms with E-state index < -0.39 is 67.3 Å². The number of hydrogen-bond acceptors (Lipinski definition) is 11. The first kappa shape index (κ1) is 72.7. The second kappa shape index (κ2) is 54.2. The van der Waals surface area contributed by atoms with Gasteiger partial charge >= 0.3 is 23.9 Å². The van der Waals surface area contributed by atoms with Crippen molar-refractivity contribution in [1.29, 1.82) is 0 Å². The van der Waals surface area contributed by atoms with Gasteiger partial charge in [-0.05, 0) is 89.9 Å². The topological polar surface area (TPSA) is 175 Å². The van der Waals surface area contributed by atoms with E-state index >= 15 is 0 Å². The third-order valence-corrected chi connectivity index (χ3v) is 13.7. The molecule has 0 aromatic rings. The summed E-state index contributed by atoms with van der Waals surface area (Å²) in [4.78, 5) is 51.2. The monoisotopic (exact) mass is 1110 g/mol. The van der Waals surface area contributed by atoms with Crippen molar-refractivity contribution in [2.45, 2.75) is 289 Å². The van der Waals surface area contributed by atoms with Crippen molar-refractivity contribution in [3.63, 3.8) is 0 Å². The first-order valence-electron chi connectivity index (χ1n) is 31.2. The number of aliphatic hydroxyl groups is 2. The van der Waals surface area contributed by atoms with Gasteiger partial charge in [-0.3, -0.25) is 14.4 Å². The van der Waals surface area contributed by atoms with Gasteiger partial charge in [0.05, 0.1) is 6.61 Å². The lowest BCUT2D eigenvalue weighted by Crippen LogP contribution is -2.61. The summed E-state index contributed by atoms with van der Waals surface area (Å²) in [5, 5.41) is 31.5. The Balaban J connectivity index is 2.69. The van der Waals surface area contributed by atoms with E-state index in [0.717, 1.165) is 96.3 Å². The molecule has 1 saturated heterocycles. The smallest absolute Gasteiger partial charge is 0.335 e. The quantitative estimate of drug-likeness (QED) is 0.0228. The highest BCUT2D eigenvalue weighted by Crippen LogP contribution is 2.26. The Bertz CT molecular complexity index is 1740. The van der Waals surface area contributed by atoms with E-state index in [9.17, 15) is 34.5 Å². The van der Waals surface area contributed by atoms with E-state index in [2.05, 4.69) is 112 Å². The third kappa shape index (κ3) is 44.0. The van der Waals surface area contributed by atoms with Crippen molar-refractivity contribution < 1.29 is 58.2 Å². The molecular formula is C67H110O12. The highest BCUT2D eigenvalue weighted by Gasteiger charge is 2.50. The van der Waals surface area contributed by atoms with Crippen LogP contribution in [0.2, 0.25) is 0 Å². The number of carboxylic acid groups (broad SMARTS) is 1. The summed E-state index contributed by atoms with van der Waals surface area (Å²) < 4.78 is 28.4. The fourth-order valence-corrected chi connectivity index (χ4v) is 8.95. The van der Waals surface area contributed by atoms with Gasteiger partial charge < -0.3 is 39.0 Å². The van der Waals surface area contributed by atoms with Gasteiger partial charge in [-0.1, -0.05) is 240 Å². The Hall–Kier alpha value is -4.36. The number of carbonyl (C=O) groups excluding carboxylic acids is 3. The molecule has 0 aromatic carbocycles. The summed E-state index contributed by atoms with van der Waals surface area (Å²) in [6.07, 6.45) is 59.6. The Labute approximate surface area is 479 Å². The second-order valence-corrected chi connectivity index (χ2v) is 20.9.